The summed E-state index contributed by atoms with van der Waals surface area (Å²) in [6.45, 7) is 0.559. The highest BCUT2D eigenvalue weighted by molar-refractivity contribution is 5.94. The molecule has 0 aliphatic rings. The molecule has 12 heteroatoms. The quantitative estimate of drug-likeness (QED) is 0.168. The zero-order valence-electron chi connectivity index (χ0n) is 17.6. The van der Waals surface area contributed by atoms with E-state index in [0.29, 0.717) is 5.56 Å². The van der Waals surface area contributed by atoms with E-state index in [1.807, 2.05) is 0 Å². The SMILES string of the molecule is CC(N)C(=O)NC(CCC(N)=O)C(=O)NC(Cc1ccccc1)C(=O)NC(CO)C(=O)O. The van der Waals surface area contributed by atoms with Crippen LogP contribution in [0.5, 0.6) is 0 Å². The molecule has 0 bridgehead atoms. The number of aliphatic carboxylic acids is 1. The van der Waals surface area contributed by atoms with Gasteiger partial charge in [-0.15, -0.1) is 0 Å². The molecule has 0 aromatic heterocycles. The summed E-state index contributed by atoms with van der Waals surface area (Å²) in [6.07, 6.45) is -0.341. The Labute approximate surface area is 184 Å². The Hall–Kier alpha value is -3.51. The van der Waals surface area contributed by atoms with Gasteiger partial charge in [0.05, 0.1) is 12.6 Å². The molecule has 4 unspecified atom stereocenters. The van der Waals surface area contributed by atoms with E-state index in [1.165, 1.54) is 6.92 Å². The molecular formula is C20H29N5O7. The zero-order valence-corrected chi connectivity index (χ0v) is 17.6. The zero-order chi connectivity index (χ0) is 24.3. The molecule has 1 aromatic carbocycles. The van der Waals surface area contributed by atoms with Gasteiger partial charge in [-0.25, -0.2) is 4.79 Å². The third-order valence-electron chi connectivity index (χ3n) is 4.44. The number of benzene rings is 1. The minimum absolute atomic E-state index is 0.0000412. The fourth-order valence-corrected chi connectivity index (χ4v) is 2.65. The summed E-state index contributed by atoms with van der Waals surface area (Å²) < 4.78 is 0. The van der Waals surface area contributed by atoms with Crippen molar-refractivity contribution in [2.75, 3.05) is 6.61 Å². The van der Waals surface area contributed by atoms with E-state index < -0.39 is 60.4 Å². The van der Waals surface area contributed by atoms with Gasteiger partial charge in [0, 0.05) is 12.8 Å². The largest absolute Gasteiger partial charge is 0.480 e. The number of carboxylic acid groups (broad SMARTS) is 1. The molecule has 0 heterocycles. The highest BCUT2D eigenvalue weighted by atomic mass is 16.4. The van der Waals surface area contributed by atoms with Crippen LogP contribution in [0.25, 0.3) is 0 Å². The highest BCUT2D eigenvalue weighted by Crippen LogP contribution is 2.06. The van der Waals surface area contributed by atoms with Crippen molar-refractivity contribution in [2.24, 2.45) is 11.5 Å². The smallest absolute Gasteiger partial charge is 0.328 e. The number of aliphatic hydroxyl groups is 1. The first kappa shape index (κ1) is 26.5. The number of amides is 4. The number of aliphatic hydroxyl groups excluding tert-OH is 1. The number of nitrogens with two attached hydrogens (primary N) is 2. The Morgan fingerprint density at radius 1 is 0.906 bits per heavy atom. The maximum atomic E-state index is 12.8. The summed E-state index contributed by atoms with van der Waals surface area (Å²) in [6, 6.07) is 3.67. The van der Waals surface area contributed by atoms with Crippen molar-refractivity contribution < 1.29 is 34.2 Å². The number of carbonyl (C=O) groups excluding carboxylic acids is 4. The van der Waals surface area contributed by atoms with Gasteiger partial charge in [0.25, 0.3) is 0 Å². The first-order valence-electron chi connectivity index (χ1n) is 9.87. The van der Waals surface area contributed by atoms with Crippen LogP contribution in [-0.4, -0.2) is 70.6 Å². The van der Waals surface area contributed by atoms with Gasteiger partial charge in [0.2, 0.25) is 23.6 Å². The van der Waals surface area contributed by atoms with Crippen molar-refractivity contribution in [3.8, 4) is 0 Å². The standard InChI is InChI=1S/C20H29N5O7/c1-11(21)17(28)23-13(7-8-16(22)27)18(29)24-14(9-12-5-3-2-4-6-12)19(30)25-15(10-26)20(31)32/h2-6,11,13-15,26H,7-10,21H2,1H3,(H2,22,27)(H,23,28)(H,24,29)(H,25,30)(H,31,32). The maximum absolute atomic E-state index is 12.8. The molecule has 0 radical (unpaired) electrons. The molecule has 0 aliphatic carbocycles. The van der Waals surface area contributed by atoms with Crippen LogP contribution in [-0.2, 0) is 30.4 Å². The number of hydrogen-bond donors (Lipinski definition) is 7. The van der Waals surface area contributed by atoms with Crippen molar-refractivity contribution in [2.45, 2.75) is 50.4 Å². The predicted octanol–water partition coefficient (Wildman–Crippen LogP) is -2.63. The van der Waals surface area contributed by atoms with E-state index in [9.17, 15) is 29.1 Å². The van der Waals surface area contributed by atoms with Gasteiger partial charge in [0.15, 0.2) is 0 Å². The Bertz CT molecular complexity index is 816. The number of carbonyl (C=O) groups is 5. The van der Waals surface area contributed by atoms with Crippen LogP contribution in [0, 0.1) is 0 Å². The number of hydrogen-bond acceptors (Lipinski definition) is 7. The molecule has 0 aliphatic heterocycles. The van der Waals surface area contributed by atoms with Crippen LogP contribution in [0.1, 0.15) is 25.3 Å². The van der Waals surface area contributed by atoms with Crippen molar-refractivity contribution in [3.05, 3.63) is 35.9 Å². The molecule has 0 saturated heterocycles. The molecule has 32 heavy (non-hydrogen) atoms. The molecule has 0 fully saturated rings. The Morgan fingerprint density at radius 2 is 1.44 bits per heavy atom. The van der Waals surface area contributed by atoms with Crippen molar-refractivity contribution in [1.82, 2.24) is 16.0 Å². The number of nitrogens with one attached hydrogen (secondary N) is 3. The van der Waals surface area contributed by atoms with Gasteiger partial charge in [0.1, 0.15) is 18.1 Å². The van der Waals surface area contributed by atoms with E-state index in [0.717, 1.165) is 0 Å². The summed E-state index contributed by atoms with van der Waals surface area (Å²) in [4.78, 5) is 59.8. The van der Waals surface area contributed by atoms with Gasteiger partial charge >= 0.3 is 5.97 Å². The van der Waals surface area contributed by atoms with Crippen molar-refractivity contribution in [3.63, 3.8) is 0 Å². The second-order valence-corrected chi connectivity index (χ2v) is 7.19. The molecule has 12 nitrogen and oxygen atoms in total. The maximum Gasteiger partial charge on any atom is 0.328 e. The average Bonchev–Trinajstić information content (AvgIpc) is 2.74. The van der Waals surface area contributed by atoms with Crippen LogP contribution in [0.3, 0.4) is 0 Å². The lowest BCUT2D eigenvalue weighted by Crippen LogP contribution is -2.58. The van der Waals surface area contributed by atoms with Gasteiger partial charge in [-0.05, 0) is 18.9 Å². The first-order valence-corrected chi connectivity index (χ1v) is 9.87. The third-order valence-corrected chi connectivity index (χ3v) is 4.44. The predicted molar refractivity (Wildman–Crippen MR) is 113 cm³/mol. The van der Waals surface area contributed by atoms with Gasteiger partial charge in [-0.1, -0.05) is 30.3 Å². The van der Waals surface area contributed by atoms with E-state index >= 15 is 0 Å². The van der Waals surface area contributed by atoms with Crippen LogP contribution < -0.4 is 27.4 Å². The summed E-state index contributed by atoms with van der Waals surface area (Å²) in [5, 5.41) is 25.3. The number of primary amides is 1. The lowest BCUT2D eigenvalue weighted by Gasteiger charge is -2.24. The van der Waals surface area contributed by atoms with Crippen LogP contribution >= 0.6 is 0 Å². The monoisotopic (exact) mass is 451 g/mol. The summed E-state index contributed by atoms with van der Waals surface area (Å²) in [5.74, 6) is -4.43. The molecule has 4 atom stereocenters. The average molecular weight is 451 g/mol. The van der Waals surface area contributed by atoms with Crippen LogP contribution in [0.4, 0.5) is 0 Å². The van der Waals surface area contributed by atoms with Gasteiger partial charge in [-0.2, -0.15) is 0 Å². The Kier molecular flexibility index (Phi) is 10.8. The molecular weight excluding hydrogens is 422 g/mol. The molecule has 0 spiro atoms. The number of rotatable bonds is 13. The Morgan fingerprint density at radius 3 is 1.94 bits per heavy atom. The van der Waals surface area contributed by atoms with Crippen molar-refractivity contribution in [1.29, 1.82) is 0 Å². The molecule has 9 N–H and O–H groups in total. The minimum Gasteiger partial charge on any atom is -0.480 e. The third kappa shape index (κ3) is 9.10. The lowest BCUT2D eigenvalue weighted by atomic mass is 10.0. The molecule has 1 aromatic rings. The molecule has 1 rings (SSSR count). The normalized spacial score (nSPS) is 14.3. The molecule has 176 valence electrons. The van der Waals surface area contributed by atoms with E-state index in [4.69, 9.17) is 16.6 Å². The Balaban J connectivity index is 3.07. The molecule has 4 amide bonds. The van der Waals surface area contributed by atoms with E-state index in [-0.39, 0.29) is 19.3 Å². The van der Waals surface area contributed by atoms with Gasteiger partial charge < -0.3 is 37.6 Å². The minimum atomic E-state index is -1.57. The molecule has 0 saturated carbocycles. The fraction of sp³-hybridized carbons (Fsp3) is 0.450. The summed E-state index contributed by atoms with van der Waals surface area (Å²) >= 11 is 0. The second-order valence-electron chi connectivity index (χ2n) is 7.19. The summed E-state index contributed by atoms with van der Waals surface area (Å²) in [7, 11) is 0. The van der Waals surface area contributed by atoms with E-state index in [1.54, 1.807) is 30.3 Å². The lowest BCUT2D eigenvalue weighted by molar-refractivity contribution is -0.143. The van der Waals surface area contributed by atoms with Crippen LogP contribution in [0.15, 0.2) is 30.3 Å². The number of carboxylic acids is 1. The van der Waals surface area contributed by atoms with E-state index in [2.05, 4.69) is 16.0 Å². The second kappa shape index (κ2) is 13.0. The first-order chi connectivity index (χ1) is 15.0. The topological polar surface area (TPSA) is 214 Å². The fourth-order valence-electron chi connectivity index (χ4n) is 2.65. The highest BCUT2D eigenvalue weighted by Gasteiger charge is 2.30. The van der Waals surface area contributed by atoms with Gasteiger partial charge in [-0.3, -0.25) is 19.2 Å². The summed E-state index contributed by atoms with van der Waals surface area (Å²) in [5.41, 5.74) is 11.3. The van der Waals surface area contributed by atoms with Crippen molar-refractivity contribution >= 4 is 29.6 Å². The van der Waals surface area contributed by atoms with Crippen LogP contribution in [0.2, 0.25) is 0 Å².